The van der Waals surface area contributed by atoms with E-state index in [1.807, 2.05) is 37.3 Å². The van der Waals surface area contributed by atoms with Crippen molar-refractivity contribution in [1.29, 1.82) is 0 Å². The molecule has 0 bridgehead atoms. The Hall–Kier alpha value is -2.07. The summed E-state index contributed by atoms with van der Waals surface area (Å²) in [6.45, 7) is 2.35. The molecular formula is C16H20N2O2. The van der Waals surface area contributed by atoms with Crippen molar-refractivity contribution in [3.63, 3.8) is 0 Å². The molecule has 1 atom stereocenters. The first kappa shape index (κ1) is 14.3. The van der Waals surface area contributed by atoms with Gasteiger partial charge in [0.15, 0.2) is 0 Å². The summed E-state index contributed by atoms with van der Waals surface area (Å²) >= 11 is 0. The van der Waals surface area contributed by atoms with Crippen LogP contribution in [0.4, 0.5) is 4.79 Å². The maximum Gasteiger partial charge on any atom is 0.315 e. The molecule has 0 heterocycles. The number of aliphatic hydroxyl groups excluding tert-OH is 1. The summed E-state index contributed by atoms with van der Waals surface area (Å²) in [4.78, 5) is 11.7. The first-order chi connectivity index (χ1) is 9.74. The molecule has 0 aromatic heterocycles. The van der Waals surface area contributed by atoms with Crippen LogP contribution < -0.4 is 10.6 Å². The number of nitrogens with one attached hydrogen (secondary N) is 2. The molecule has 0 aliphatic carbocycles. The van der Waals surface area contributed by atoms with E-state index in [0.717, 1.165) is 16.3 Å². The summed E-state index contributed by atoms with van der Waals surface area (Å²) in [5.74, 6) is 0. The van der Waals surface area contributed by atoms with Crippen LogP contribution in [0.5, 0.6) is 0 Å². The lowest BCUT2D eigenvalue weighted by Crippen LogP contribution is -2.43. The molecule has 2 rings (SSSR count). The largest absolute Gasteiger partial charge is 0.394 e. The van der Waals surface area contributed by atoms with Gasteiger partial charge in [0.25, 0.3) is 0 Å². The van der Waals surface area contributed by atoms with E-state index in [4.69, 9.17) is 5.11 Å². The molecule has 0 saturated carbocycles. The number of fused-ring (bicyclic) bond motifs is 1. The summed E-state index contributed by atoms with van der Waals surface area (Å²) in [6.07, 6.45) is 0.707. The molecule has 0 saturated heterocycles. The highest BCUT2D eigenvalue weighted by molar-refractivity contribution is 5.86. The van der Waals surface area contributed by atoms with Crippen LogP contribution in [0.2, 0.25) is 0 Å². The number of urea groups is 1. The van der Waals surface area contributed by atoms with E-state index in [1.54, 1.807) is 0 Å². The summed E-state index contributed by atoms with van der Waals surface area (Å²) in [6, 6.07) is 13.7. The van der Waals surface area contributed by atoms with Gasteiger partial charge in [-0.05, 0) is 22.8 Å². The number of benzene rings is 2. The van der Waals surface area contributed by atoms with Crippen molar-refractivity contribution in [3.8, 4) is 0 Å². The lowest BCUT2D eigenvalue weighted by atomic mass is 10.0. The number of rotatable bonds is 5. The Morgan fingerprint density at radius 2 is 1.95 bits per heavy atom. The van der Waals surface area contributed by atoms with Crippen molar-refractivity contribution in [1.82, 2.24) is 10.6 Å². The molecule has 4 nitrogen and oxygen atoms in total. The van der Waals surface area contributed by atoms with Gasteiger partial charge in [-0.2, -0.15) is 0 Å². The Bertz CT molecular complexity index is 574. The molecule has 2 aromatic rings. The maximum absolute atomic E-state index is 11.7. The summed E-state index contributed by atoms with van der Waals surface area (Å²) < 4.78 is 0. The van der Waals surface area contributed by atoms with Crippen molar-refractivity contribution < 1.29 is 9.90 Å². The van der Waals surface area contributed by atoms with E-state index in [2.05, 4.69) is 22.8 Å². The highest BCUT2D eigenvalue weighted by atomic mass is 16.3. The topological polar surface area (TPSA) is 61.4 Å². The fourth-order valence-electron chi connectivity index (χ4n) is 2.14. The van der Waals surface area contributed by atoms with E-state index in [1.165, 1.54) is 0 Å². The van der Waals surface area contributed by atoms with Crippen LogP contribution in [0, 0.1) is 0 Å². The zero-order valence-electron chi connectivity index (χ0n) is 11.6. The first-order valence-electron chi connectivity index (χ1n) is 6.86. The lowest BCUT2D eigenvalue weighted by Gasteiger charge is -2.15. The molecule has 0 spiro atoms. The van der Waals surface area contributed by atoms with E-state index < -0.39 is 0 Å². The average Bonchev–Trinajstić information content (AvgIpc) is 2.50. The van der Waals surface area contributed by atoms with Gasteiger partial charge in [-0.25, -0.2) is 4.79 Å². The summed E-state index contributed by atoms with van der Waals surface area (Å²) in [5, 5.41) is 16.9. The Morgan fingerprint density at radius 3 is 2.70 bits per heavy atom. The van der Waals surface area contributed by atoms with Crippen LogP contribution >= 0.6 is 0 Å². The number of hydrogen-bond acceptors (Lipinski definition) is 2. The molecule has 2 aromatic carbocycles. The Labute approximate surface area is 118 Å². The maximum atomic E-state index is 11.7. The molecule has 0 fully saturated rings. The van der Waals surface area contributed by atoms with Gasteiger partial charge in [0.2, 0.25) is 0 Å². The molecule has 3 N–H and O–H groups in total. The minimum Gasteiger partial charge on any atom is -0.394 e. The number of carbonyl (C=O) groups excluding carboxylic acids is 1. The summed E-state index contributed by atoms with van der Waals surface area (Å²) in [5.41, 5.74) is 1.08. The quantitative estimate of drug-likeness (QED) is 0.782. The fraction of sp³-hybridized carbons (Fsp3) is 0.312. The van der Waals surface area contributed by atoms with E-state index >= 15 is 0 Å². The van der Waals surface area contributed by atoms with Crippen LogP contribution in [0.25, 0.3) is 10.8 Å². The number of aliphatic hydroxyl groups is 1. The van der Waals surface area contributed by atoms with E-state index in [0.29, 0.717) is 13.0 Å². The van der Waals surface area contributed by atoms with Crippen LogP contribution in [0.15, 0.2) is 42.5 Å². The third-order valence-electron chi connectivity index (χ3n) is 3.37. The molecule has 0 radical (unpaired) electrons. The normalized spacial score (nSPS) is 12.1. The first-order valence-corrected chi connectivity index (χ1v) is 6.86. The highest BCUT2D eigenvalue weighted by Crippen LogP contribution is 2.18. The second kappa shape index (κ2) is 6.91. The zero-order chi connectivity index (χ0) is 14.4. The van der Waals surface area contributed by atoms with Crippen LogP contribution in [0.3, 0.4) is 0 Å². The smallest absolute Gasteiger partial charge is 0.315 e. The Kier molecular flexibility index (Phi) is 4.96. The van der Waals surface area contributed by atoms with Gasteiger partial charge in [0.05, 0.1) is 12.6 Å². The number of amides is 2. The zero-order valence-corrected chi connectivity index (χ0v) is 11.6. The average molecular weight is 272 g/mol. The monoisotopic (exact) mass is 272 g/mol. The van der Waals surface area contributed by atoms with Gasteiger partial charge in [-0.3, -0.25) is 0 Å². The molecule has 0 aliphatic heterocycles. The predicted octanol–water partition coefficient (Wildman–Crippen LogP) is 2.41. The van der Waals surface area contributed by atoms with Crippen molar-refractivity contribution in [3.05, 3.63) is 48.0 Å². The molecule has 4 heteroatoms. The molecule has 20 heavy (non-hydrogen) atoms. The predicted molar refractivity (Wildman–Crippen MR) is 80.5 cm³/mol. The summed E-state index contributed by atoms with van der Waals surface area (Å²) in [7, 11) is 0. The highest BCUT2D eigenvalue weighted by Gasteiger charge is 2.08. The van der Waals surface area contributed by atoms with Crippen LogP contribution in [-0.4, -0.2) is 23.8 Å². The molecule has 2 amide bonds. The minimum absolute atomic E-state index is 0.0435. The van der Waals surface area contributed by atoms with Gasteiger partial charge >= 0.3 is 6.03 Å². The van der Waals surface area contributed by atoms with E-state index in [9.17, 15) is 4.79 Å². The fourth-order valence-corrected chi connectivity index (χ4v) is 2.14. The number of carbonyl (C=O) groups is 1. The lowest BCUT2D eigenvalue weighted by molar-refractivity contribution is 0.214. The minimum atomic E-state index is -0.251. The van der Waals surface area contributed by atoms with Crippen LogP contribution in [0.1, 0.15) is 18.9 Å². The van der Waals surface area contributed by atoms with Crippen molar-refractivity contribution in [2.45, 2.75) is 25.9 Å². The van der Waals surface area contributed by atoms with E-state index in [-0.39, 0.29) is 18.7 Å². The molecule has 0 aliphatic rings. The van der Waals surface area contributed by atoms with Crippen molar-refractivity contribution in [2.75, 3.05) is 6.61 Å². The van der Waals surface area contributed by atoms with Gasteiger partial charge in [-0.1, -0.05) is 49.4 Å². The van der Waals surface area contributed by atoms with Gasteiger partial charge in [-0.15, -0.1) is 0 Å². The second-order valence-corrected chi connectivity index (χ2v) is 4.75. The second-order valence-electron chi connectivity index (χ2n) is 4.75. The van der Waals surface area contributed by atoms with Gasteiger partial charge < -0.3 is 15.7 Å². The van der Waals surface area contributed by atoms with Crippen molar-refractivity contribution >= 4 is 16.8 Å². The van der Waals surface area contributed by atoms with Gasteiger partial charge in [0.1, 0.15) is 0 Å². The third kappa shape index (κ3) is 3.48. The van der Waals surface area contributed by atoms with Crippen molar-refractivity contribution in [2.24, 2.45) is 0 Å². The third-order valence-corrected chi connectivity index (χ3v) is 3.37. The Balaban J connectivity index is 2.01. The SMILES string of the molecule is CCC(CO)NC(=O)NCc1cccc2ccccc12. The van der Waals surface area contributed by atoms with Crippen LogP contribution in [-0.2, 0) is 6.54 Å². The molecular weight excluding hydrogens is 252 g/mol. The molecule has 1 unspecified atom stereocenters. The Morgan fingerprint density at radius 1 is 1.20 bits per heavy atom. The number of hydrogen-bond donors (Lipinski definition) is 3. The van der Waals surface area contributed by atoms with Gasteiger partial charge in [0, 0.05) is 6.54 Å². The standard InChI is InChI=1S/C16H20N2O2/c1-2-14(11-19)18-16(20)17-10-13-8-5-7-12-6-3-4-9-15(12)13/h3-9,14,19H,2,10-11H2,1H3,(H2,17,18,20). The molecule has 106 valence electrons.